The minimum atomic E-state index is 0. The largest absolute Gasteiger partial charge is 0.324 e. The summed E-state index contributed by atoms with van der Waals surface area (Å²) >= 11 is 5.97. The number of aryl methyl sites for hydroxylation is 1. The van der Waals surface area contributed by atoms with Crippen LogP contribution >= 0.6 is 24.0 Å². The summed E-state index contributed by atoms with van der Waals surface area (Å²) in [6.45, 7) is 4.22. The molecule has 92 valence electrons. The molecule has 1 rings (SSSR count). The number of rotatable bonds is 5. The summed E-state index contributed by atoms with van der Waals surface area (Å²) in [4.78, 5) is 0. The van der Waals surface area contributed by atoms with Crippen LogP contribution in [0.5, 0.6) is 0 Å². The Kier molecular flexibility index (Phi) is 7.82. The highest BCUT2D eigenvalue weighted by atomic mass is 35.5. The molecular formula is C13H21Cl2N. The normalized spacial score (nSPS) is 12.0. The topological polar surface area (TPSA) is 26.0 Å². The van der Waals surface area contributed by atoms with Crippen molar-refractivity contribution in [3.63, 3.8) is 0 Å². The maximum atomic E-state index is 6.11. The van der Waals surface area contributed by atoms with E-state index in [9.17, 15) is 0 Å². The first-order valence-corrected chi connectivity index (χ1v) is 6.04. The van der Waals surface area contributed by atoms with Crippen molar-refractivity contribution in [1.29, 1.82) is 0 Å². The summed E-state index contributed by atoms with van der Waals surface area (Å²) in [6.07, 6.45) is 4.78. The third-order valence-electron chi connectivity index (χ3n) is 2.73. The van der Waals surface area contributed by atoms with E-state index < -0.39 is 0 Å². The fraction of sp³-hybridized carbons (Fsp3) is 0.538. The van der Waals surface area contributed by atoms with E-state index in [1.54, 1.807) is 0 Å². The number of benzene rings is 1. The molecule has 0 aliphatic rings. The smallest absolute Gasteiger partial charge is 0.0435 e. The molecule has 2 N–H and O–H groups in total. The van der Waals surface area contributed by atoms with Crippen LogP contribution in [-0.2, 0) is 0 Å². The summed E-state index contributed by atoms with van der Waals surface area (Å²) in [5.41, 5.74) is 8.42. The predicted octanol–water partition coefficient (Wildman–Crippen LogP) is 4.65. The molecule has 0 radical (unpaired) electrons. The van der Waals surface area contributed by atoms with Gasteiger partial charge in [-0.3, -0.25) is 0 Å². The molecule has 0 fully saturated rings. The van der Waals surface area contributed by atoms with Crippen LogP contribution in [0.3, 0.4) is 0 Å². The average molecular weight is 262 g/mol. The molecule has 1 aromatic rings. The van der Waals surface area contributed by atoms with E-state index >= 15 is 0 Å². The van der Waals surface area contributed by atoms with E-state index in [1.807, 2.05) is 19.1 Å². The highest BCUT2D eigenvalue weighted by molar-refractivity contribution is 6.31. The molecule has 1 nitrogen and oxygen atoms in total. The van der Waals surface area contributed by atoms with Gasteiger partial charge in [0.25, 0.3) is 0 Å². The van der Waals surface area contributed by atoms with Crippen molar-refractivity contribution in [2.45, 2.75) is 45.6 Å². The van der Waals surface area contributed by atoms with Crippen LogP contribution in [0.15, 0.2) is 18.2 Å². The van der Waals surface area contributed by atoms with Crippen molar-refractivity contribution in [1.82, 2.24) is 0 Å². The van der Waals surface area contributed by atoms with Crippen molar-refractivity contribution < 1.29 is 0 Å². The van der Waals surface area contributed by atoms with Crippen molar-refractivity contribution in [3.8, 4) is 0 Å². The maximum absolute atomic E-state index is 6.11. The van der Waals surface area contributed by atoms with Crippen molar-refractivity contribution >= 4 is 24.0 Å². The van der Waals surface area contributed by atoms with E-state index in [0.29, 0.717) is 0 Å². The summed E-state index contributed by atoms with van der Waals surface area (Å²) in [5.74, 6) is 0. The molecule has 0 aliphatic heterocycles. The van der Waals surface area contributed by atoms with Gasteiger partial charge in [-0.25, -0.2) is 0 Å². The number of unbranched alkanes of at least 4 members (excludes halogenated alkanes) is 2. The molecule has 0 unspecified atom stereocenters. The summed E-state index contributed by atoms with van der Waals surface area (Å²) in [6, 6.07) is 6.23. The molecule has 0 heterocycles. The quantitative estimate of drug-likeness (QED) is 0.768. The zero-order valence-electron chi connectivity index (χ0n) is 10.0. The van der Waals surface area contributed by atoms with Crippen LogP contribution in [0.2, 0.25) is 5.02 Å². The van der Waals surface area contributed by atoms with E-state index in [0.717, 1.165) is 17.0 Å². The molecule has 0 bridgehead atoms. The first-order valence-electron chi connectivity index (χ1n) is 5.66. The van der Waals surface area contributed by atoms with E-state index in [-0.39, 0.29) is 18.4 Å². The van der Waals surface area contributed by atoms with Crippen LogP contribution in [0.1, 0.15) is 49.8 Å². The molecule has 1 aromatic carbocycles. The Morgan fingerprint density at radius 2 is 2.00 bits per heavy atom. The standard InChI is InChI=1S/C13H20ClN.ClH/c1-3-4-5-6-13(15)11-7-8-12(14)10(2)9-11;/h7-9,13H,3-6,15H2,1-2H3;1H/t13-;/m1./s1. The number of hydrogen-bond donors (Lipinski definition) is 1. The fourth-order valence-electron chi connectivity index (χ4n) is 1.68. The van der Waals surface area contributed by atoms with Gasteiger partial charge in [0.1, 0.15) is 0 Å². The Bertz CT molecular complexity index is 313. The second-order valence-electron chi connectivity index (χ2n) is 4.11. The van der Waals surface area contributed by atoms with Crippen molar-refractivity contribution in [2.75, 3.05) is 0 Å². The van der Waals surface area contributed by atoms with Crippen LogP contribution in [0.4, 0.5) is 0 Å². The average Bonchev–Trinajstić information content (AvgIpc) is 2.22. The van der Waals surface area contributed by atoms with E-state index in [1.165, 1.54) is 24.8 Å². The molecule has 16 heavy (non-hydrogen) atoms. The van der Waals surface area contributed by atoms with E-state index in [2.05, 4.69) is 13.0 Å². The lowest BCUT2D eigenvalue weighted by Crippen LogP contribution is -2.10. The van der Waals surface area contributed by atoms with Gasteiger partial charge >= 0.3 is 0 Å². The van der Waals surface area contributed by atoms with Crippen molar-refractivity contribution in [3.05, 3.63) is 34.3 Å². The molecule has 0 saturated heterocycles. The number of nitrogens with two attached hydrogens (primary N) is 1. The van der Waals surface area contributed by atoms with Gasteiger partial charge in [-0.05, 0) is 30.5 Å². The highest BCUT2D eigenvalue weighted by Crippen LogP contribution is 2.22. The van der Waals surface area contributed by atoms with Gasteiger partial charge in [0.05, 0.1) is 0 Å². The Morgan fingerprint density at radius 3 is 2.56 bits per heavy atom. The maximum Gasteiger partial charge on any atom is 0.0435 e. The summed E-state index contributed by atoms with van der Waals surface area (Å²) < 4.78 is 0. The van der Waals surface area contributed by atoms with Crippen LogP contribution in [0.25, 0.3) is 0 Å². The summed E-state index contributed by atoms with van der Waals surface area (Å²) in [5, 5.41) is 0.819. The molecule has 1 atom stereocenters. The highest BCUT2D eigenvalue weighted by Gasteiger charge is 2.06. The lowest BCUT2D eigenvalue weighted by Gasteiger charge is -2.12. The Morgan fingerprint density at radius 1 is 1.31 bits per heavy atom. The minimum Gasteiger partial charge on any atom is -0.324 e. The van der Waals surface area contributed by atoms with Crippen molar-refractivity contribution in [2.24, 2.45) is 5.73 Å². The predicted molar refractivity (Wildman–Crippen MR) is 74.5 cm³/mol. The lowest BCUT2D eigenvalue weighted by molar-refractivity contribution is 0.581. The van der Waals surface area contributed by atoms with Gasteiger partial charge in [-0.1, -0.05) is 49.9 Å². The monoisotopic (exact) mass is 261 g/mol. The second kappa shape index (κ2) is 7.94. The second-order valence-corrected chi connectivity index (χ2v) is 4.52. The lowest BCUT2D eigenvalue weighted by atomic mass is 10.00. The number of hydrogen-bond acceptors (Lipinski definition) is 1. The first-order chi connectivity index (χ1) is 7.15. The SMILES string of the molecule is CCCCC[C@@H](N)c1ccc(Cl)c(C)c1.Cl. The minimum absolute atomic E-state index is 0. The Labute approximate surface area is 110 Å². The van der Waals surface area contributed by atoms with Gasteiger partial charge in [0.2, 0.25) is 0 Å². The first kappa shape index (κ1) is 15.8. The molecular weight excluding hydrogens is 241 g/mol. The van der Waals surface area contributed by atoms with E-state index in [4.69, 9.17) is 17.3 Å². The fourth-order valence-corrected chi connectivity index (χ4v) is 1.80. The van der Waals surface area contributed by atoms with Gasteiger partial charge in [0, 0.05) is 11.1 Å². The molecule has 0 amide bonds. The third-order valence-corrected chi connectivity index (χ3v) is 3.15. The zero-order valence-corrected chi connectivity index (χ0v) is 11.6. The molecule has 0 aromatic heterocycles. The van der Waals surface area contributed by atoms with Crippen LogP contribution in [0, 0.1) is 6.92 Å². The van der Waals surface area contributed by atoms with Gasteiger partial charge in [-0.2, -0.15) is 0 Å². The zero-order chi connectivity index (χ0) is 11.3. The third kappa shape index (κ3) is 4.73. The van der Waals surface area contributed by atoms with Crippen LogP contribution < -0.4 is 5.73 Å². The van der Waals surface area contributed by atoms with Gasteiger partial charge in [0.15, 0.2) is 0 Å². The molecule has 0 aliphatic carbocycles. The number of halogens is 2. The van der Waals surface area contributed by atoms with Gasteiger partial charge < -0.3 is 5.73 Å². The Hall–Kier alpha value is -0.240. The Balaban J connectivity index is 0.00000225. The molecule has 0 spiro atoms. The molecule has 3 heteroatoms. The van der Waals surface area contributed by atoms with Crippen LogP contribution in [-0.4, -0.2) is 0 Å². The summed E-state index contributed by atoms with van der Waals surface area (Å²) in [7, 11) is 0. The van der Waals surface area contributed by atoms with Gasteiger partial charge in [-0.15, -0.1) is 12.4 Å². The molecule has 0 saturated carbocycles.